The smallest absolute Gasteiger partial charge is 0.299 e. The topological polar surface area (TPSA) is 64.4 Å². The van der Waals surface area contributed by atoms with Crippen molar-refractivity contribution in [3.63, 3.8) is 0 Å². The van der Waals surface area contributed by atoms with Gasteiger partial charge in [-0.15, -0.1) is 11.3 Å². The van der Waals surface area contributed by atoms with Crippen LogP contribution in [0.1, 0.15) is 17.8 Å². The molecule has 5 nitrogen and oxygen atoms in total. The molecule has 0 aromatic carbocycles. The summed E-state index contributed by atoms with van der Waals surface area (Å²) in [5.41, 5.74) is -0.0259. The molecule has 7 heteroatoms. The SMILES string of the molecule is COCCNC(C)c1cc([N+](=O)[O-])c(Cl)s1. The van der Waals surface area contributed by atoms with Gasteiger partial charge < -0.3 is 10.1 Å². The number of nitro groups is 1. The van der Waals surface area contributed by atoms with E-state index in [1.807, 2.05) is 6.92 Å². The van der Waals surface area contributed by atoms with Crippen LogP contribution in [0.15, 0.2) is 6.07 Å². The van der Waals surface area contributed by atoms with Crippen LogP contribution in [0.5, 0.6) is 0 Å². The molecule has 1 rings (SSSR count). The average Bonchev–Trinajstić information content (AvgIpc) is 2.60. The molecule has 0 fully saturated rings. The average molecular weight is 265 g/mol. The summed E-state index contributed by atoms with van der Waals surface area (Å²) in [6.45, 7) is 3.23. The second-order valence-electron chi connectivity index (χ2n) is 3.23. The summed E-state index contributed by atoms with van der Waals surface area (Å²) in [6.07, 6.45) is 0. The molecule has 1 aromatic heterocycles. The molecular formula is C9H13ClN2O3S. The Morgan fingerprint density at radius 2 is 2.44 bits per heavy atom. The van der Waals surface area contributed by atoms with Crippen LogP contribution in [0.2, 0.25) is 4.34 Å². The second-order valence-corrected chi connectivity index (χ2v) is 4.92. The van der Waals surface area contributed by atoms with Gasteiger partial charge in [0.1, 0.15) is 0 Å². The fourth-order valence-corrected chi connectivity index (χ4v) is 2.46. The van der Waals surface area contributed by atoms with Crippen molar-refractivity contribution in [2.75, 3.05) is 20.3 Å². The van der Waals surface area contributed by atoms with Gasteiger partial charge in [0.25, 0.3) is 5.69 Å². The lowest BCUT2D eigenvalue weighted by Gasteiger charge is -2.10. The van der Waals surface area contributed by atoms with Crippen LogP contribution < -0.4 is 5.32 Å². The maximum Gasteiger partial charge on any atom is 0.299 e. The van der Waals surface area contributed by atoms with Gasteiger partial charge in [-0.05, 0) is 6.92 Å². The third-order valence-electron chi connectivity index (χ3n) is 2.07. The zero-order chi connectivity index (χ0) is 12.1. The van der Waals surface area contributed by atoms with Gasteiger partial charge in [-0.3, -0.25) is 10.1 Å². The quantitative estimate of drug-likeness (QED) is 0.487. The molecule has 0 spiro atoms. The molecule has 0 aliphatic carbocycles. The minimum Gasteiger partial charge on any atom is -0.383 e. The lowest BCUT2D eigenvalue weighted by Crippen LogP contribution is -2.22. The molecule has 0 saturated heterocycles. The molecule has 1 N–H and O–H groups in total. The number of hydrogen-bond acceptors (Lipinski definition) is 5. The molecule has 0 amide bonds. The van der Waals surface area contributed by atoms with Gasteiger partial charge >= 0.3 is 0 Å². The maximum atomic E-state index is 10.6. The Morgan fingerprint density at radius 1 is 1.75 bits per heavy atom. The fourth-order valence-electron chi connectivity index (χ4n) is 1.19. The lowest BCUT2D eigenvalue weighted by molar-refractivity contribution is -0.384. The van der Waals surface area contributed by atoms with Crippen molar-refractivity contribution >= 4 is 28.6 Å². The van der Waals surface area contributed by atoms with Gasteiger partial charge in [0.05, 0.1) is 11.5 Å². The van der Waals surface area contributed by atoms with Crippen LogP contribution in [-0.4, -0.2) is 25.2 Å². The summed E-state index contributed by atoms with van der Waals surface area (Å²) < 4.78 is 5.12. The molecule has 0 bridgehead atoms. The highest BCUT2D eigenvalue weighted by molar-refractivity contribution is 7.16. The number of ether oxygens (including phenoxy) is 1. The van der Waals surface area contributed by atoms with Crippen LogP contribution in [0.3, 0.4) is 0 Å². The number of methoxy groups -OCH3 is 1. The highest BCUT2D eigenvalue weighted by Crippen LogP contribution is 2.36. The number of nitrogens with one attached hydrogen (secondary N) is 1. The van der Waals surface area contributed by atoms with Gasteiger partial charge in [-0.2, -0.15) is 0 Å². The van der Waals surface area contributed by atoms with Gasteiger partial charge in [-0.1, -0.05) is 11.6 Å². The molecule has 1 aromatic rings. The Kier molecular flexibility index (Phi) is 5.14. The van der Waals surface area contributed by atoms with Crippen molar-refractivity contribution in [2.24, 2.45) is 0 Å². The van der Waals surface area contributed by atoms with Gasteiger partial charge in [-0.25, -0.2) is 0 Å². The summed E-state index contributed by atoms with van der Waals surface area (Å²) in [5, 5.41) is 13.8. The molecule has 1 unspecified atom stereocenters. The van der Waals surface area contributed by atoms with Crippen LogP contribution in [-0.2, 0) is 4.74 Å². The summed E-state index contributed by atoms with van der Waals surface area (Å²) >= 11 is 7.00. The van der Waals surface area contributed by atoms with Gasteiger partial charge in [0.2, 0.25) is 0 Å². The first-order chi connectivity index (χ1) is 7.56. The molecule has 0 aliphatic rings. The number of halogens is 1. The van der Waals surface area contributed by atoms with Crippen molar-refractivity contribution < 1.29 is 9.66 Å². The normalized spacial score (nSPS) is 12.7. The summed E-state index contributed by atoms with van der Waals surface area (Å²) in [7, 11) is 1.62. The van der Waals surface area contributed by atoms with Crippen LogP contribution in [0, 0.1) is 10.1 Å². The van der Waals surface area contributed by atoms with E-state index >= 15 is 0 Å². The number of thiophene rings is 1. The van der Waals surface area contributed by atoms with E-state index in [0.717, 1.165) is 4.88 Å². The van der Waals surface area contributed by atoms with E-state index in [9.17, 15) is 10.1 Å². The van der Waals surface area contributed by atoms with Crippen LogP contribution in [0.4, 0.5) is 5.69 Å². The maximum absolute atomic E-state index is 10.6. The van der Waals surface area contributed by atoms with Crippen LogP contribution in [0.25, 0.3) is 0 Å². The Labute approximate surface area is 103 Å². The number of nitrogens with zero attached hydrogens (tertiary/aromatic N) is 1. The van der Waals surface area contributed by atoms with E-state index in [2.05, 4.69) is 5.32 Å². The summed E-state index contributed by atoms with van der Waals surface area (Å²) in [5.74, 6) is 0. The van der Waals surface area contributed by atoms with Crippen molar-refractivity contribution in [3.8, 4) is 0 Å². The van der Waals surface area contributed by atoms with E-state index in [1.165, 1.54) is 17.4 Å². The van der Waals surface area contributed by atoms with Gasteiger partial charge in [0.15, 0.2) is 4.34 Å². The summed E-state index contributed by atoms with van der Waals surface area (Å²) in [6, 6.07) is 1.55. The third-order valence-corrected chi connectivity index (χ3v) is 3.59. The number of hydrogen-bond donors (Lipinski definition) is 1. The van der Waals surface area contributed by atoms with Gasteiger partial charge in [0, 0.05) is 30.6 Å². The molecule has 0 aliphatic heterocycles. The van der Waals surface area contributed by atoms with Crippen molar-refractivity contribution in [1.82, 2.24) is 5.32 Å². The monoisotopic (exact) mass is 264 g/mol. The Hall–Kier alpha value is -0.690. The zero-order valence-corrected chi connectivity index (χ0v) is 10.6. The van der Waals surface area contributed by atoms with E-state index < -0.39 is 4.92 Å². The van der Waals surface area contributed by atoms with Crippen LogP contribution >= 0.6 is 22.9 Å². The summed E-state index contributed by atoms with van der Waals surface area (Å²) in [4.78, 5) is 11.0. The Bertz CT molecular complexity index is 370. The van der Waals surface area contributed by atoms with Crippen molar-refractivity contribution in [3.05, 3.63) is 25.4 Å². The van der Waals surface area contributed by atoms with E-state index in [0.29, 0.717) is 13.2 Å². The zero-order valence-electron chi connectivity index (χ0n) is 9.03. The largest absolute Gasteiger partial charge is 0.383 e. The minimum atomic E-state index is -0.468. The standard InChI is InChI=1S/C9H13ClN2O3S/c1-6(11-3-4-15-2)8-5-7(12(13)14)9(10)16-8/h5-6,11H,3-4H2,1-2H3. The molecule has 1 heterocycles. The number of rotatable bonds is 6. The predicted octanol–water partition coefficient (Wildman–Crippen LogP) is 2.61. The molecular weight excluding hydrogens is 252 g/mol. The Balaban J connectivity index is 2.65. The molecule has 0 radical (unpaired) electrons. The molecule has 16 heavy (non-hydrogen) atoms. The fraction of sp³-hybridized carbons (Fsp3) is 0.556. The first kappa shape index (κ1) is 13.4. The van der Waals surface area contributed by atoms with E-state index in [-0.39, 0.29) is 16.1 Å². The highest BCUT2D eigenvalue weighted by atomic mass is 35.5. The second kappa shape index (κ2) is 6.15. The van der Waals surface area contributed by atoms with Crippen molar-refractivity contribution in [2.45, 2.75) is 13.0 Å². The predicted molar refractivity (Wildman–Crippen MR) is 64.3 cm³/mol. The molecule has 1 atom stereocenters. The Morgan fingerprint density at radius 3 is 2.94 bits per heavy atom. The molecule has 0 saturated carbocycles. The third kappa shape index (κ3) is 3.41. The minimum absolute atomic E-state index is 0.0259. The highest BCUT2D eigenvalue weighted by Gasteiger charge is 2.19. The van der Waals surface area contributed by atoms with Crippen molar-refractivity contribution in [1.29, 1.82) is 0 Å². The van der Waals surface area contributed by atoms with E-state index in [1.54, 1.807) is 7.11 Å². The van der Waals surface area contributed by atoms with E-state index in [4.69, 9.17) is 16.3 Å². The molecule has 90 valence electrons. The lowest BCUT2D eigenvalue weighted by atomic mass is 10.2. The first-order valence-electron chi connectivity index (χ1n) is 4.72. The first-order valence-corrected chi connectivity index (χ1v) is 5.91.